The van der Waals surface area contributed by atoms with E-state index >= 15 is 0 Å². The molecule has 0 saturated carbocycles. The molecule has 0 aliphatic rings. The summed E-state index contributed by atoms with van der Waals surface area (Å²) < 4.78 is 0. The van der Waals surface area contributed by atoms with Gasteiger partial charge in [-0.3, -0.25) is 4.79 Å². The largest absolute Gasteiger partial charge is 0.289 e. The van der Waals surface area contributed by atoms with Gasteiger partial charge in [-0.25, -0.2) is 0 Å². The van der Waals surface area contributed by atoms with Gasteiger partial charge in [0.2, 0.25) is 0 Å². The minimum atomic E-state index is -0.0175. The second-order valence-corrected chi connectivity index (χ2v) is 7.77. The van der Waals surface area contributed by atoms with Crippen molar-refractivity contribution in [3.63, 3.8) is 0 Å². The molecule has 1 aromatic carbocycles. The maximum absolute atomic E-state index is 13.2. The molecule has 0 radical (unpaired) electrons. The van der Waals surface area contributed by atoms with Gasteiger partial charge in [0, 0.05) is 16.0 Å². The number of hydrogen-bond donors (Lipinski definition) is 0. The summed E-state index contributed by atoms with van der Waals surface area (Å²) in [5.74, 6) is -0.0175. The zero-order valence-electron chi connectivity index (χ0n) is 16.2. The molecule has 0 spiro atoms. The third-order valence-corrected chi connectivity index (χ3v) is 4.84. The highest BCUT2D eigenvalue weighted by Crippen LogP contribution is 2.34. The predicted octanol–water partition coefficient (Wildman–Crippen LogP) is 6.98. The number of hydrogen-bond acceptors (Lipinski definition) is 2. The summed E-state index contributed by atoms with van der Waals surface area (Å²) in [5, 5.41) is 0. The van der Waals surface area contributed by atoms with Crippen LogP contribution in [-0.4, -0.2) is 5.78 Å². The smallest absolute Gasteiger partial charge is 0.194 e. The minimum Gasteiger partial charge on any atom is -0.289 e. The van der Waals surface area contributed by atoms with Crippen LogP contribution in [0, 0.1) is 6.92 Å². The van der Waals surface area contributed by atoms with Crippen molar-refractivity contribution >= 4 is 17.5 Å². The number of Topliss-reactive ketones (excluding diaryl/α,β-unsaturated/α-hetero) is 1. The maximum atomic E-state index is 13.2. The SMILES string of the molecule is C=C(C)/C(=C\C=C(C)C)C(=O)/C(C(=C)C)=C(\C)Sc1ccccc1C. The van der Waals surface area contributed by atoms with Crippen molar-refractivity contribution in [2.24, 2.45) is 0 Å². The van der Waals surface area contributed by atoms with Gasteiger partial charge >= 0.3 is 0 Å². The van der Waals surface area contributed by atoms with E-state index in [1.165, 1.54) is 5.56 Å². The van der Waals surface area contributed by atoms with Crippen molar-refractivity contribution in [1.29, 1.82) is 0 Å². The van der Waals surface area contributed by atoms with E-state index in [-0.39, 0.29) is 5.78 Å². The molecule has 1 nitrogen and oxygen atoms in total. The van der Waals surface area contributed by atoms with E-state index in [1.807, 2.05) is 58.9 Å². The number of thioether (sulfide) groups is 1. The normalized spacial score (nSPS) is 12.3. The molecule has 1 aromatic rings. The summed E-state index contributed by atoms with van der Waals surface area (Å²) in [6.07, 6.45) is 3.80. The summed E-state index contributed by atoms with van der Waals surface area (Å²) in [6.45, 7) is 19.8. The van der Waals surface area contributed by atoms with Gasteiger partial charge in [0.1, 0.15) is 0 Å². The first-order valence-corrected chi connectivity index (χ1v) is 9.12. The number of rotatable bonds is 7. The van der Waals surface area contributed by atoms with Crippen molar-refractivity contribution < 1.29 is 4.79 Å². The molecular weight excluding hydrogens is 324 g/mol. The molecule has 0 aliphatic heterocycles. The number of benzene rings is 1. The first kappa shape index (κ1) is 21.0. The summed E-state index contributed by atoms with van der Waals surface area (Å²) in [7, 11) is 0. The molecule has 0 unspecified atom stereocenters. The quantitative estimate of drug-likeness (QED) is 0.299. The van der Waals surface area contributed by atoms with Crippen molar-refractivity contribution in [2.45, 2.75) is 46.4 Å². The fourth-order valence-corrected chi connectivity index (χ4v) is 3.41. The molecule has 0 fully saturated rings. The third kappa shape index (κ3) is 6.06. The van der Waals surface area contributed by atoms with Crippen molar-refractivity contribution in [2.75, 3.05) is 0 Å². The maximum Gasteiger partial charge on any atom is 0.194 e. The number of aryl methyl sites for hydroxylation is 1. The number of carbonyl (C=O) groups excluding carboxylic acids is 1. The van der Waals surface area contributed by atoms with Gasteiger partial charge in [-0.05, 0) is 69.2 Å². The Balaban J connectivity index is 3.37. The molecular formula is C23H28OS. The van der Waals surface area contributed by atoms with E-state index in [0.717, 1.165) is 26.5 Å². The summed E-state index contributed by atoms with van der Waals surface area (Å²) in [6, 6.07) is 8.18. The van der Waals surface area contributed by atoms with Crippen LogP contribution in [-0.2, 0) is 4.79 Å². The van der Waals surface area contributed by atoms with E-state index in [1.54, 1.807) is 11.8 Å². The Hall–Kier alpha value is -2.06. The lowest BCUT2D eigenvalue weighted by Crippen LogP contribution is -2.09. The Morgan fingerprint density at radius 2 is 1.56 bits per heavy atom. The van der Waals surface area contributed by atoms with Gasteiger partial charge in [-0.1, -0.05) is 60.8 Å². The van der Waals surface area contributed by atoms with E-state index in [9.17, 15) is 4.79 Å². The predicted molar refractivity (Wildman–Crippen MR) is 112 cm³/mol. The third-order valence-electron chi connectivity index (χ3n) is 3.65. The van der Waals surface area contributed by atoms with Crippen molar-refractivity contribution in [3.05, 3.63) is 87.9 Å². The Morgan fingerprint density at radius 3 is 2.04 bits per heavy atom. The first-order valence-electron chi connectivity index (χ1n) is 8.31. The van der Waals surface area contributed by atoms with Gasteiger partial charge < -0.3 is 0 Å². The molecule has 0 aliphatic carbocycles. The molecule has 0 saturated heterocycles. The van der Waals surface area contributed by atoms with Gasteiger partial charge in [-0.15, -0.1) is 0 Å². The van der Waals surface area contributed by atoms with Gasteiger partial charge in [0.25, 0.3) is 0 Å². The van der Waals surface area contributed by atoms with E-state index < -0.39 is 0 Å². The molecule has 0 bridgehead atoms. The molecule has 2 heteroatoms. The highest BCUT2D eigenvalue weighted by Gasteiger charge is 2.19. The zero-order valence-corrected chi connectivity index (χ0v) is 17.0. The second kappa shape index (κ2) is 9.43. The monoisotopic (exact) mass is 352 g/mol. The van der Waals surface area contributed by atoms with Crippen LogP contribution in [0.25, 0.3) is 0 Å². The highest BCUT2D eigenvalue weighted by atomic mass is 32.2. The summed E-state index contributed by atoms with van der Waals surface area (Å²) in [5.41, 5.74) is 5.16. The molecule has 0 aromatic heterocycles. The average molecular weight is 353 g/mol. The van der Waals surface area contributed by atoms with E-state index in [2.05, 4.69) is 32.2 Å². The molecule has 0 N–H and O–H groups in total. The van der Waals surface area contributed by atoms with Crippen LogP contribution in [0.3, 0.4) is 0 Å². The Labute approximate surface area is 156 Å². The molecule has 0 amide bonds. The first-order chi connectivity index (χ1) is 11.6. The lowest BCUT2D eigenvalue weighted by atomic mass is 9.94. The van der Waals surface area contributed by atoms with Gasteiger partial charge in [-0.2, -0.15) is 0 Å². The average Bonchev–Trinajstić information content (AvgIpc) is 2.48. The molecule has 1 rings (SSSR count). The van der Waals surface area contributed by atoms with E-state index in [4.69, 9.17) is 0 Å². The molecule has 25 heavy (non-hydrogen) atoms. The summed E-state index contributed by atoms with van der Waals surface area (Å²) >= 11 is 1.61. The standard InChI is InChI=1S/C23H28OS/c1-15(2)13-14-20(16(3)4)23(24)22(17(5)6)19(8)25-21-12-10-9-11-18(21)7/h9-14H,3,5H2,1-2,4,6-8H3/b20-14+,22-19+. The Kier molecular flexibility index (Phi) is 7.92. The molecule has 132 valence electrons. The van der Waals surface area contributed by atoms with Crippen molar-refractivity contribution in [3.8, 4) is 0 Å². The second-order valence-electron chi connectivity index (χ2n) is 6.51. The van der Waals surface area contributed by atoms with Gasteiger partial charge in [0.05, 0.1) is 0 Å². The van der Waals surface area contributed by atoms with Crippen LogP contribution in [0.2, 0.25) is 0 Å². The van der Waals surface area contributed by atoms with Crippen LogP contribution in [0.4, 0.5) is 0 Å². The van der Waals surface area contributed by atoms with Crippen LogP contribution in [0.5, 0.6) is 0 Å². The zero-order chi connectivity index (χ0) is 19.1. The van der Waals surface area contributed by atoms with Gasteiger partial charge in [0.15, 0.2) is 5.78 Å². The number of ketones is 1. The van der Waals surface area contributed by atoms with Crippen molar-refractivity contribution in [1.82, 2.24) is 0 Å². The molecule has 0 atom stereocenters. The van der Waals surface area contributed by atoms with Crippen LogP contribution in [0.1, 0.15) is 40.2 Å². The fourth-order valence-electron chi connectivity index (χ4n) is 2.34. The topological polar surface area (TPSA) is 17.1 Å². The Bertz CT molecular complexity index is 784. The Morgan fingerprint density at radius 1 is 0.960 bits per heavy atom. The van der Waals surface area contributed by atoms with Crippen LogP contribution >= 0.6 is 11.8 Å². The lowest BCUT2D eigenvalue weighted by molar-refractivity contribution is -0.111. The highest BCUT2D eigenvalue weighted by molar-refractivity contribution is 8.03. The van der Waals surface area contributed by atoms with E-state index in [0.29, 0.717) is 11.1 Å². The number of carbonyl (C=O) groups is 1. The lowest BCUT2D eigenvalue weighted by Gasteiger charge is -2.14. The summed E-state index contributed by atoms with van der Waals surface area (Å²) in [4.78, 5) is 15.3. The minimum absolute atomic E-state index is 0.0175. The molecule has 0 heterocycles. The van der Waals surface area contributed by atoms with Crippen LogP contribution in [0.15, 0.2) is 87.2 Å². The fraction of sp³-hybridized carbons (Fsp3) is 0.261. The number of allylic oxidation sites excluding steroid dienone is 8. The van der Waals surface area contributed by atoms with Crippen LogP contribution < -0.4 is 0 Å².